The molecule has 212 valence electrons. The first-order chi connectivity index (χ1) is 20.1. The molecule has 5 rings (SSSR count). The van der Waals surface area contributed by atoms with Crippen LogP contribution < -0.4 is 5.32 Å². The number of amides is 4. The first kappa shape index (κ1) is 28.3. The Labute approximate surface area is 243 Å². The third-order valence-corrected chi connectivity index (χ3v) is 6.68. The van der Waals surface area contributed by atoms with E-state index in [0.29, 0.717) is 0 Å². The molecule has 42 heavy (non-hydrogen) atoms. The number of imide groups is 1. The van der Waals surface area contributed by atoms with Gasteiger partial charge >= 0.3 is 0 Å². The van der Waals surface area contributed by atoms with Crippen LogP contribution in [-0.4, -0.2) is 74.6 Å². The molecule has 11 nitrogen and oxygen atoms in total. The van der Waals surface area contributed by atoms with Crippen LogP contribution in [0, 0.1) is 5.82 Å². The minimum atomic E-state index is -0.740. The molecule has 0 aliphatic carbocycles. The van der Waals surface area contributed by atoms with Gasteiger partial charge in [-0.2, -0.15) is 0 Å². The summed E-state index contributed by atoms with van der Waals surface area (Å²) in [4.78, 5) is 70.6. The van der Waals surface area contributed by atoms with Crippen molar-refractivity contribution < 1.29 is 28.4 Å². The van der Waals surface area contributed by atoms with E-state index in [1.54, 1.807) is 12.1 Å². The molecule has 0 unspecified atom stereocenters. The molecule has 4 aromatic rings. The SMILES string of the molecule is CN(C)C(=O)c1nc(CNC(=O)CN2C(=O)c3ccccc3C2=O)n(-c2ccc(Cl)cc2C(=O)c2ccccc2F)n1. The molecule has 3 aromatic carbocycles. The minimum absolute atomic E-state index is 0.0278. The van der Waals surface area contributed by atoms with E-state index in [-0.39, 0.29) is 51.2 Å². The minimum Gasteiger partial charge on any atom is -0.347 e. The third kappa shape index (κ3) is 5.27. The smallest absolute Gasteiger partial charge is 0.293 e. The number of carbonyl (C=O) groups is 5. The Morgan fingerprint density at radius 1 is 0.929 bits per heavy atom. The number of benzene rings is 3. The molecule has 0 saturated heterocycles. The Balaban J connectivity index is 1.46. The zero-order valence-electron chi connectivity index (χ0n) is 22.3. The lowest BCUT2D eigenvalue weighted by atomic mass is 10.0. The molecule has 0 saturated carbocycles. The zero-order chi connectivity index (χ0) is 30.1. The monoisotopic (exact) mass is 588 g/mol. The van der Waals surface area contributed by atoms with E-state index < -0.39 is 41.8 Å². The number of nitrogens with zero attached hydrogens (tertiary/aromatic N) is 5. The molecule has 2 heterocycles. The van der Waals surface area contributed by atoms with Gasteiger partial charge in [-0.25, -0.2) is 14.1 Å². The summed E-state index contributed by atoms with van der Waals surface area (Å²) in [5.74, 6) is -4.04. The molecule has 1 aliphatic rings. The third-order valence-electron chi connectivity index (χ3n) is 6.45. The largest absolute Gasteiger partial charge is 0.347 e. The lowest BCUT2D eigenvalue weighted by molar-refractivity contribution is -0.121. The number of fused-ring (bicyclic) bond motifs is 1. The van der Waals surface area contributed by atoms with Crippen LogP contribution in [0.2, 0.25) is 5.02 Å². The predicted molar refractivity (Wildman–Crippen MR) is 148 cm³/mol. The van der Waals surface area contributed by atoms with Crippen LogP contribution in [-0.2, 0) is 11.3 Å². The second kappa shape index (κ2) is 11.3. The summed E-state index contributed by atoms with van der Waals surface area (Å²) in [6.07, 6.45) is 0. The van der Waals surface area contributed by atoms with Crippen LogP contribution in [0.1, 0.15) is 53.1 Å². The van der Waals surface area contributed by atoms with Gasteiger partial charge in [0.05, 0.1) is 28.9 Å². The summed E-state index contributed by atoms with van der Waals surface area (Å²) < 4.78 is 15.7. The number of nitrogens with one attached hydrogen (secondary N) is 1. The van der Waals surface area contributed by atoms with Crippen LogP contribution >= 0.6 is 11.6 Å². The summed E-state index contributed by atoms with van der Waals surface area (Å²) in [5, 5.41) is 7.05. The van der Waals surface area contributed by atoms with Crippen LogP contribution in [0.25, 0.3) is 5.69 Å². The van der Waals surface area contributed by atoms with Crippen molar-refractivity contribution in [2.75, 3.05) is 20.6 Å². The summed E-state index contributed by atoms with van der Waals surface area (Å²) in [7, 11) is 3.00. The molecular weight excluding hydrogens is 567 g/mol. The van der Waals surface area contributed by atoms with Crippen LogP contribution in [0.5, 0.6) is 0 Å². The fraction of sp³-hybridized carbons (Fsp3) is 0.138. The van der Waals surface area contributed by atoms with Crippen molar-refractivity contribution in [2.45, 2.75) is 6.54 Å². The number of carbonyl (C=O) groups excluding carboxylic acids is 5. The summed E-state index contributed by atoms with van der Waals surface area (Å²) in [6.45, 7) is -0.854. The maximum absolute atomic E-state index is 14.5. The fourth-order valence-corrected chi connectivity index (χ4v) is 4.54. The first-order valence-electron chi connectivity index (χ1n) is 12.6. The molecule has 13 heteroatoms. The average molecular weight is 589 g/mol. The second-order valence-corrected chi connectivity index (χ2v) is 9.89. The molecule has 1 aromatic heterocycles. The van der Waals surface area contributed by atoms with E-state index in [1.165, 1.54) is 72.2 Å². The molecule has 0 atom stereocenters. The molecule has 0 radical (unpaired) electrons. The molecule has 4 amide bonds. The Morgan fingerprint density at radius 2 is 1.57 bits per heavy atom. The first-order valence-corrected chi connectivity index (χ1v) is 12.9. The Bertz CT molecular complexity index is 1750. The van der Waals surface area contributed by atoms with Gasteiger partial charge in [0.1, 0.15) is 12.4 Å². The summed E-state index contributed by atoms with van der Waals surface area (Å²) in [6, 6.07) is 16.0. The Morgan fingerprint density at radius 3 is 2.21 bits per heavy atom. The van der Waals surface area contributed by atoms with E-state index in [2.05, 4.69) is 15.4 Å². The van der Waals surface area contributed by atoms with Gasteiger partial charge < -0.3 is 10.2 Å². The number of hydrogen-bond donors (Lipinski definition) is 1. The van der Waals surface area contributed by atoms with Gasteiger partial charge in [-0.05, 0) is 42.5 Å². The number of rotatable bonds is 8. The number of halogens is 2. The van der Waals surface area contributed by atoms with E-state index in [9.17, 15) is 28.4 Å². The highest BCUT2D eigenvalue weighted by Crippen LogP contribution is 2.25. The highest BCUT2D eigenvalue weighted by molar-refractivity contribution is 6.31. The number of aromatic nitrogens is 3. The topological polar surface area (TPSA) is 135 Å². The van der Waals surface area contributed by atoms with Crippen molar-refractivity contribution in [3.63, 3.8) is 0 Å². The normalized spacial score (nSPS) is 12.3. The average Bonchev–Trinajstić information content (AvgIpc) is 3.50. The zero-order valence-corrected chi connectivity index (χ0v) is 23.1. The van der Waals surface area contributed by atoms with Gasteiger partial charge in [0.15, 0.2) is 11.6 Å². The Kier molecular flexibility index (Phi) is 7.64. The lowest BCUT2D eigenvalue weighted by Gasteiger charge is -2.14. The highest BCUT2D eigenvalue weighted by Gasteiger charge is 2.36. The maximum atomic E-state index is 14.5. The van der Waals surface area contributed by atoms with E-state index in [1.807, 2.05) is 0 Å². The number of hydrogen-bond acceptors (Lipinski definition) is 7. The maximum Gasteiger partial charge on any atom is 0.293 e. The summed E-state index contributed by atoms with van der Waals surface area (Å²) >= 11 is 6.18. The molecular formula is C29H22ClFN6O5. The van der Waals surface area contributed by atoms with Gasteiger partial charge in [-0.15, -0.1) is 5.10 Å². The van der Waals surface area contributed by atoms with E-state index >= 15 is 0 Å². The standard InChI is InChI=1S/C29H22ClFN6O5/c1-35(2)29(42)26-33-23(14-32-24(38)15-36-27(40)17-7-3-4-8-18(17)28(36)41)37(34-26)22-12-11-16(30)13-20(22)25(39)19-9-5-6-10-21(19)31/h3-13H,14-15H2,1-2H3,(H,32,38). The van der Waals surface area contributed by atoms with Crippen LogP contribution in [0.3, 0.4) is 0 Å². The van der Waals surface area contributed by atoms with Crippen molar-refractivity contribution in [2.24, 2.45) is 0 Å². The van der Waals surface area contributed by atoms with Crippen LogP contribution in [0.15, 0.2) is 66.7 Å². The lowest BCUT2D eigenvalue weighted by Crippen LogP contribution is -2.40. The van der Waals surface area contributed by atoms with Gasteiger partial charge in [-0.1, -0.05) is 35.9 Å². The highest BCUT2D eigenvalue weighted by atomic mass is 35.5. The molecule has 0 bridgehead atoms. The van der Waals surface area contributed by atoms with E-state index in [0.717, 1.165) is 11.0 Å². The van der Waals surface area contributed by atoms with Crippen molar-refractivity contribution in [3.05, 3.63) is 111 Å². The number of ketones is 1. The van der Waals surface area contributed by atoms with Crippen molar-refractivity contribution in [1.29, 1.82) is 0 Å². The van der Waals surface area contributed by atoms with Gasteiger partial charge in [0.25, 0.3) is 17.7 Å². The molecule has 1 N–H and O–H groups in total. The predicted octanol–water partition coefficient (Wildman–Crippen LogP) is 2.91. The van der Waals surface area contributed by atoms with Crippen molar-refractivity contribution in [3.8, 4) is 5.69 Å². The Hall–Kier alpha value is -5.23. The molecule has 0 spiro atoms. The summed E-state index contributed by atoms with van der Waals surface area (Å²) in [5.41, 5.74) is 0.303. The van der Waals surface area contributed by atoms with Gasteiger partial charge in [0, 0.05) is 24.7 Å². The second-order valence-electron chi connectivity index (χ2n) is 9.45. The molecule has 0 fully saturated rings. The van der Waals surface area contributed by atoms with Crippen molar-refractivity contribution >= 4 is 41.0 Å². The van der Waals surface area contributed by atoms with Crippen LogP contribution in [0.4, 0.5) is 4.39 Å². The fourth-order valence-electron chi connectivity index (χ4n) is 4.37. The van der Waals surface area contributed by atoms with E-state index in [4.69, 9.17) is 11.6 Å². The van der Waals surface area contributed by atoms with Crippen molar-refractivity contribution in [1.82, 2.24) is 29.9 Å². The quantitative estimate of drug-likeness (QED) is 0.247. The van der Waals surface area contributed by atoms with Gasteiger partial charge in [0.2, 0.25) is 11.7 Å². The molecule has 1 aliphatic heterocycles. The van der Waals surface area contributed by atoms with Gasteiger partial charge in [-0.3, -0.25) is 28.9 Å².